The molecule has 0 rings (SSSR count). The Balaban J connectivity index is 4.12. The molecule has 0 fully saturated rings. The fourth-order valence-corrected chi connectivity index (χ4v) is 1.33. The van der Waals surface area contributed by atoms with Crippen LogP contribution >= 0.6 is 22.6 Å². The van der Waals surface area contributed by atoms with E-state index in [2.05, 4.69) is 4.74 Å². The van der Waals surface area contributed by atoms with Crippen molar-refractivity contribution in [2.24, 2.45) is 0 Å². The van der Waals surface area contributed by atoms with Gasteiger partial charge in [0.25, 0.3) is 0 Å². The number of alkyl halides is 3. The molecule has 0 radical (unpaired) electrons. The fourth-order valence-electron chi connectivity index (χ4n) is 0.654. The molecule has 0 aromatic heterocycles. The van der Waals surface area contributed by atoms with Crippen LogP contribution in [0.1, 0.15) is 26.2 Å². The highest BCUT2D eigenvalue weighted by molar-refractivity contribution is 14.1. The van der Waals surface area contributed by atoms with Gasteiger partial charge in [0, 0.05) is 17.3 Å². The minimum Gasteiger partial charge on any atom is -0.389 e. The van der Waals surface area contributed by atoms with Crippen LogP contribution in [0.3, 0.4) is 0 Å². The SMILES string of the molecule is CCCC(=O)OC(=O)C(F)(F)CCI. The summed E-state index contributed by atoms with van der Waals surface area (Å²) in [6, 6.07) is 0. The van der Waals surface area contributed by atoms with Crippen LogP contribution in [0.25, 0.3) is 0 Å². The van der Waals surface area contributed by atoms with Gasteiger partial charge in [-0.3, -0.25) is 4.79 Å². The van der Waals surface area contributed by atoms with Gasteiger partial charge in [-0.15, -0.1) is 0 Å². The van der Waals surface area contributed by atoms with Gasteiger partial charge >= 0.3 is 17.9 Å². The Labute approximate surface area is 94.3 Å². The first kappa shape index (κ1) is 13.7. The summed E-state index contributed by atoms with van der Waals surface area (Å²) >= 11 is 1.72. The van der Waals surface area contributed by atoms with Crippen molar-refractivity contribution >= 4 is 34.5 Å². The second-order valence-electron chi connectivity index (χ2n) is 2.65. The van der Waals surface area contributed by atoms with E-state index in [4.69, 9.17) is 0 Å². The van der Waals surface area contributed by atoms with Gasteiger partial charge in [0.15, 0.2) is 0 Å². The van der Waals surface area contributed by atoms with Crippen molar-refractivity contribution in [3.63, 3.8) is 0 Å². The highest BCUT2D eigenvalue weighted by Gasteiger charge is 2.40. The third-order valence-electron chi connectivity index (χ3n) is 1.37. The molecule has 6 heteroatoms. The van der Waals surface area contributed by atoms with Gasteiger partial charge < -0.3 is 4.74 Å². The van der Waals surface area contributed by atoms with Crippen LogP contribution in [-0.2, 0) is 14.3 Å². The van der Waals surface area contributed by atoms with E-state index in [0.717, 1.165) is 0 Å². The summed E-state index contributed by atoms with van der Waals surface area (Å²) in [5, 5.41) is 0. The van der Waals surface area contributed by atoms with E-state index in [9.17, 15) is 18.4 Å². The Kier molecular flexibility index (Phi) is 6.14. The summed E-state index contributed by atoms with van der Waals surface area (Å²) in [7, 11) is 0. The molecule has 82 valence electrons. The Hall–Kier alpha value is -0.270. The molecule has 0 spiro atoms. The lowest BCUT2D eigenvalue weighted by Gasteiger charge is -2.12. The van der Waals surface area contributed by atoms with Crippen LogP contribution in [0, 0.1) is 0 Å². The molecule has 0 saturated heterocycles. The van der Waals surface area contributed by atoms with Crippen molar-refractivity contribution in [1.29, 1.82) is 0 Å². The maximum Gasteiger partial charge on any atom is 0.384 e. The highest BCUT2D eigenvalue weighted by Crippen LogP contribution is 2.21. The number of carbonyl (C=O) groups excluding carboxylic acids is 2. The standard InChI is InChI=1S/C8H11F2IO3/c1-2-3-6(12)14-7(13)8(9,10)4-5-11/h2-5H2,1H3. The van der Waals surface area contributed by atoms with Crippen LogP contribution < -0.4 is 0 Å². The predicted octanol–water partition coefficient (Wildman–Crippen LogP) is 2.32. The molecule has 0 N–H and O–H groups in total. The van der Waals surface area contributed by atoms with Gasteiger partial charge in [-0.2, -0.15) is 8.78 Å². The smallest absolute Gasteiger partial charge is 0.384 e. The van der Waals surface area contributed by atoms with E-state index in [1.807, 2.05) is 0 Å². The van der Waals surface area contributed by atoms with Crippen LogP contribution in [0.4, 0.5) is 8.78 Å². The zero-order chi connectivity index (χ0) is 11.2. The first-order chi connectivity index (χ1) is 6.44. The molecule has 0 aromatic rings. The fraction of sp³-hybridized carbons (Fsp3) is 0.750. The zero-order valence-corrected chi connectivity index (χ0v) is 9.84. The van der Waals surface area contributed by atoms with E-state index in [0.29, 0.717) is 6.42 Å². The first-order valence-corrected chi connectivity index (χ1v) is 5.65. The minimum absolute atomic E-state index is 0.0218. The quantitative estimate of drug-likeness (QED) is 0.338. The second kappa shape index (κ2) is 6.26. The van der Waals surface area contributed by atoms with Crippen molar-refractivity contribution < 1.29 is 23.1 Å². The molecule has 0 heterocycles. The molecule has 0 aliphatic heterocycles. The van der Waals surface area contributed by atoms with Crippen molar-refractivity contribution in [3.05, 3.63) is 0 Å². The number of ether oxygens (including phenoxy) is 1. The van der Waals surface area contributed by atoms with Crippen LogP contribution in [0.2, 0.25) is 0 Å². The maximum absolute atomic E-state index is 12.8. The van der Waals surface area contributed by atoms with Crippen molar-refractivity contribution in [2.45, 2.75) is 32.1 Å². The first-order valence-electron chi connectivity index (χ1n) is 4.13. The summed E-state index contributed by atoms with van der Waals surface area (Å²) < 4.78 is 29.7. The zero-order valence-electron chi connectivity index (χ0n) is 7.69. The number of rotatable bonds is 5. The lowest BCUT2D eigenvalue weighted by atomic mass is 10.2. The summed E-state index contributed by atoms with van der Waals surface area (Å²) in [6.45, 7) is 1.69. The van der Waals surface area contributed by atoms with E-state index in [1.165, 1.54) is 0 Å². The topological polar surface area (TPSA) is 43.4 Å². The normalized spacial score (nSPS) is 11.1. The molecule has 0 atom stereocenters. The van der Waals surface area contributed by atoms with E-state index in [1.54, 1.807) is 29.5 Å². The molecule has 0 aliphatic carbocycles. The molecular formula is C8H11F2IO3. The Morgan fingerprint density at radius 3 is 2.43 bits per heavy atom. The summed E-state index contributed by atoms with van der Waals surface area (Å²) in [6.07, 6.45) is -0.165. The van der Waals surface area contributed by atoms with Gasteiger partial charge in [-0.05, 0) is 6.42 Å². The number of halogens is 3. The lowest BCUT2D eigenvalue weighted by molar-refractivity contribution is -0.179. The van der Waals surface area contributed by atoms with Crippen LogP contribution in [-0.4, -0.2) is 22.3 Å². The molecule has 0 bridgehead atoms. The van der Waals surface area contributed by atoms with Gasteiger partial charge in [0.2, 0.25) is 0 Å². The number of esters is 2. The Morgan fingerprint density at radius 1 is 1.43 bits per heavy atom. The molecule has 0 aromatic carbocycles. The van der Waals surface area contributed by atoms with Crippen LogP contribution in [0.5, 0.6) is 0 Å². The van der Waals surface area contributed by atoms with E-state index < -0.39 is 24.3 Å². The molecule has 3 nitrogen and oxygen atoms in total. The van der Waals surface area contributed by atoms with E-state index in [-0.39, 0.29) is 10.8 Å². The third-order valence-corrected chi connectivity index (χ3v) is 1.91. The number of hydrogen-bond acceptors (Lipinski definition) is 3. The molecule has 0 aliphatic rings. The average molecular weight is 320 g/mol. The van der Waals surface area contributed by atoms with Crippen LogP contribution in [0.15, 0.2) is 0 Å². The van der Waals surface area contributed by atoms with Gasteiger partial charge in [0.05, 0.1) is 0 Å². The highest BCUT2D eigenvalue weighted by atomic mass is 127. The van der Waals surface area contributed by atoms with E-state index >= 15 is 0 Å². The number of hydrogen-bond donors (Lipinski definition) is 0. The Morgan fingerprint density at radius 2 is 2.00 bits per heavy atom. The third kappa shape index (κ3) is 4.83. The number of carbonyl (C=O) groups is 2. The van der Waals surface area contributed by atoms with Gasteiger partial charge in [-0.1, -0.05) is 29.5 Å². The largest absolute Gasteiger partial charge is 0.389 e. The molecule has 0 unspecified atom stereocenters. The average Bonchev–Trinajstić information content (AvgIpc) is 2.04. The van der Waals surface area contributed by atoms with Gasteiger partial charge in [-0.25, -0.2) is 4.79 Å². The van der Waals surface area contributed by atoms with Crippen molar-refractivity contribution in [1.82, 2.24) is 0 Å². The van der Waals surface area contributed by atoms with Crippen molar-refractivity contribution in [3.8, 4) is 0 Å². The molecule has 0 saturated carbocycles. The monoisotopic (exact) mass is 320 g/mol. The minimum atomic E-state index is -3.55. The summed E-state index contributed by atoms with van der Waals surface area (Å²) in [5.41, 5.74) is 0. The molecule has 14 heavy (non-hydrogen) atoms. The second-order valence-corrected chi connectivity index (χ2v) is 3.73. The Bertz CT molecular complexity index is 219. The molecular weight excluding hydrogens is 309 g/mol. The maximum atomic E-state index is 12.8. The molecule has 0 amide bonds. The predicted molar refractivity (Wildman–Crippen MR) is 54.5 cm³/mol. The summed E-state index contributed by atoms with van der Waals surface area (Å²) in [4.78, 5) is 21.5. The summed E-state index contributed by atoms with van der Waals surface area (Å²) in [5.74, 6) is -6.19. The van der Waals surface area contributed by atoms with Crippen molar-refractivity contribution in [2.75, 3.05) is 4.43 Å². The van der Waals surface area contributed by atoms with Gasteiger partial charge in [0.1, 0.15) is 0 Å². The lowest BCUT2D eigenvalue weighted by Crippen LogP contribution is -2.32.